The predicted octanol–water partition coefficient (Wildman–Crippen LogP) is 2.23. The molecular weight excluding hydrogens is 448 g/mol. The number of anilines is 1. The van der Waals surface area contributed by atoms with E-state index in [2.05, 4.69) is 20.5 Å². The van der Waals surface area contributed by atoms with Crippen molar-refractivity contribution in [3.05, 3.63) is 65.9 Å². The molecule has 0 unspecified atom stereocenters. The maximum atomic E-state index is 12.7. The molecule has 1 saturated heterocycles. The van der Waals surface area contributed by atoms with Gasteiger partial charge in [-0.25, -0.2) is 4.79 Å². The van der Waals surface area contributed by atoms with Gasteiger partial charge in [0.25, 0.3) is 5.91 Å². The Balaban J connectivity index is 1.29. The van der Waals surface area contributed by atoms with E-state index in [1.54, 1.807) is 0 Å². The molecule has 0 aliphatic carbocycles. The summed E-state index contributed by atoms with van der Waals surface area (Å²) in [5, 5.41) is 6.32. The lowest BCUT2D eigenvalue weighted by Gasteiger charge is -2.26. The third-order valence-electron chi connectivity index (χ3n) is 5.85. The van der Waals surface area contributed by atoms with Crippen molar-refractivity contribution in [2.24, 2.45) is 0 Å². The molecule has 0 spiro atoms. The van der Waals surface area contributed by atoms with Gasteiger partial charge < -0.3 is 25.1 Å². The van der Waals surface area contributed by atoms with E-state index in [4.69, 9.17) is 9.47 Å². The number of carbonyl (C=O) groups is 3. The minimum Gasteiger partial charge on any atom is -0.454 e. The van der Waals surface area contributed by atoms with Gasteiger partial charge in [-0.2, -0.15) is 0 Å². The van der Waals surface area contributed by atoms with Crippen LogP contribution in [0.25, 0.3) is 10.9 Å². The van der Waals surface area contributed by atoms with Gasteiger partial charge in [0, 0.05) is 55.8 Å². The summed E-state index contributed by atoms with van der Waals surface area (Å²) in [6.45, 7) is 5.03. The summed E-state index contributed by atoms with van der Waals surface area (Å²) in [6, 6.07) is 14.4. The normalized spacial score (nSPS) is 14.9. The number of carbonyl (C=O) groups excluding carboxylic acids is 3. The number of aromatic nitrogens is 1. The second-order valence-corrected chi connectivity index (χ2v) is 8.56. The molecule has 1 fully saturated rings. The first-order valence-corrected chi connectivity index (χ1v) is 11.7. The molecule has 1 aliphatic rings. The zero-order chi connectivity index (χ0) is 24.6. The van der Waals surface area contributed by atoms with Crippen molar-refractivity contribution in [1.29, 1.82) is 0 Å². The summed E-state index contributed by atoms with van der Waals surface area (Å²) in [7, 11) is 0. The molecule has 1 atom stereocenters. The maximum Gasteiger partial charge on any atom is 0.329 e. The number of benzene rings is 2. The van der Waals surface area contributed by atoms with Crippen molar-refractivity contribution in [2.75, 3.05) is 38.2 Å². The van der Waals surface area contributed by atoms with Crippen molar-refractivity contribution < 1.29 is 23.9 Å². The fourth-order valence-corrected chi connectivity index (χ4v) is 4.10. The Morgan fingerprint density at radius 2 is 1.83 bits per heavy atom. The second-order valence-electron chi connectivity index (χ2n) is 8.56. The number of nitrogens with one attached hydrogen (secondary N) is 3. The zero-order valence-corrected chi connectivity index (χ0v) is 19.7. The predicted molar refractivity (Wildman–Crippen MR) is 132 cm³/mol. The van der Waals surface area contributed by atoms with Gasteiger partial charge in [0.05, 0.1) is 13.2 Å². The molecule has 2 amide bonds. The van der Waals surface area contributed by atoms with Gasteiger partial charge in [0.15, 0.2) is 6.61 Å². The molecule has 3 aromatic rings. The first-order valence-electron chi connectivity index (χ1n) is 11.7. The molecule has 0 bridgehead atoms. The molecule has 0 radical (unpaired) electrons. The lowest BCUT2D eigenvalue weighted by Crippen LogP contribution is -2.43. The highest BCUT2D eigenvalue weighted by Crippen LogP contribution is 2.19. The van der Waals surface area contributed by atoms with E-state index in [0.29, 0.717) is 5.69 Å². The van der Waals surface area contributed by atoms with Crippen molar-refractivity contribution in [3.63, 3.8) is 0 Å². The summed E-state index contributed by atoms with van der Waals surface area (Å²) in [5.74, 6) is -1.47. The zero-order valence-electron chi connectivity index (χ0n) is 19.7. The first-order chi connectivity index (χ1) is 17.0. The number of amides is 2. The topological polar surface area (TPSA) is 113 Å². The Bertz CT molecular complexity index is 1170. The van der Waals surface area contributed by atoms with E-state index < -0.39 is 24.5 Å². The number of aromatic amines is 1. The molecule has 3 N–H and O–H groups in total. The molecule has 2 aromatic carbocycles. The van der Waals surface area contributed by atoms with Crippen LogP contribution in [0.1, 0.15) is 18.1 Å². The smallest absolute Gasteiger partial charge is 0.329 e. The Labute approximate surface area is 203 Å². The Morgan fingerprint density at radius 1 is 1.09 bits per heavy atom. The highest BCUT2D eigenvalue weighted by Gasteiger charge is 2.24. The van der Waals surface area contributed by atoms with Crippen LogP contribution in [0.15, 0.2) is 54.7 Å². The van der Waals surface area contributed by atoms with Gasteiger partial charge in [-0.3, -0.25) is 14.5 Å². The van der Waals surface area contributed by atoms with Crippen LogP contribution in [-0.2, 0) is 36.8 Å². The van der Waals surface area contributed by atoms with E-state index in [0.717, 1.165) is 54.9 Å². The number of nitrogens with zero attached hydrogens (tertiary/aromatic N) is 1. The quantitative estimate of drug-likeness (QED) is 0.407. The Kier molecular flexibility index (Phi) is 8.12. The maximum absolute atomic E-state index is 12.7. The van der Waals surface area contributed by atoms with E-state index >= 15 is 0 Å². The number of H-pyrrole nitrogens is 1. The molecule has 1 aromatic heterocycles. The fourth-order valence-electron chi connectivity index (χ4n) is 4.10. The highest BCUT2D eigenvalue weighted by atomic mass is 16.5. The molecular formula is C26H30N4O5. The second kappa shape index (κ2) is 11.6. The third kappa shape index (κ3) is 6.91. The van der Waals surface area contributed by atoms with Gasteiger partial charge in [-0.05, 0) is 29.3 Å². The number of hydrogen-bond acceptors (Lipinski definition) is 6. The number of esters is 1. The van der Waals surface area contributed by atoms with Gasteiger partial charge >= 0.3 is 5.97 Å². The lowest BCUT2D eigenvalue weighted by atomic mass is 10.0. The first kappa shape index (κ1) is 24.4. The van der Waals surface area contributed by atoms with Crippen molar-refractivity contribution >= 4 is 34.4 Å². The summed E-state index contributed by atoms with van der Waals surface area (Å²) < 4.78 is 10.6. The van der Waals surface area contributed by atoms with Gasteiger partial charge in [-0.1, -0.05) is 30.3 Å². The van der Waals surface area contributed by atoms with Crippen LogP contribution >= 0.6 is 0 Å². The van der Waals surface area contributed by atoms with Gasteiger partial charge in [0.1, 0.15) is 6.04 Å². The summed E-state index contributed by atoms with van der Waals surface area (Å²) in [6.07, 6.45) is 2.05. The van der Waals surface area contributed by atoms with Crippen molar-refractivity contribution in [3.8, 4) is 0 Å². The largest absolute Gasteiger partial charge is 0.454 e. The number of fused-ring (bicyclic) bond motifs is 1. The van der Waals surface area contributed by atoms with Crippen LogP contribution in [0.3, 0.4) is 0 Å². The summed E-state index contributed by atoms with van der Waals surface area (Å²) in [4.78, 5) is 42.2. The van der Waals surface area contributed by atoms with Crippen LogP contribution in [0.5, 0.6) is 0 Å². The fraction of sp³-hybridized carbons (Fsp3) is 0.346. The summed E-state index contributed by atoms with van der Waals surface area (Å²) >= 11 is 0. The molecule has 184 valence electrons. The number of para-hydroxylation sites is 1. The van der Waals surface area contributed by atoms with E-state index in [1.165, 1.54) is 6.92 Å². The number of ether oxygens (including phenoxy) is 2. The third-order valence-corrected chi connectivity index (χ3v) is 5.85. The monoisotopic (exact) mass is 478 g/mol. The Hall–Kier alpha value is -3.69. The number of morpholine rings is 1. The lowest BCUT2D eigenvalue weighted by molar-refractivity contribution is -0.150. The minimum atomic E-state index is -0.904. The summed E-state index contributed by atoms with van der Waals surface area (Å²) in [5.41, 5.74) is 3.58. The van der Waals surface area contributed by atoms with Crippen LogP contribution in [0.2, 0.25) is 0 Å². The number of rotatable bonds is 9. The van der Waals surface area contributed by atoms with Crippen molar-refractivity contribution in [2.45, 2.75) is 25.9 Å². The average molecular weight is 479 g/mol. The van der Waals surface area contributed by atoms with Gasteiger partial charge in [0.2, 0.25) is 5.91 Å². The van der Waals surface area contributed by atoms with E-state index in [1.807, 2.05) is 54.7 Å². The molecule has 9 nitrogen and oxygen atoms in total. The molecule has 2 heterocycles. The average Bonchev–Trinajstić information content (AvgIpc) is 3.26. The SMILES string of the molecule is CC(=O)N[C@@H](Cc1c[nH]c2ccccc12)C(=O)OCC(=O)Nc1ccc(CN2CCOCC2)cc1. The van der Waals surface area contributed by atoms with Crippen LogP contribution in [0.4, 0.5) is 5.69 Å². The van der Waals surface area contributed by atoms with Gasteiger partial charge in [-0.15, -0.1) is 0 Å². The Morgan fingerprint density at radius 3 is 2.57 bits per heavy atom. The molecule has 0 saturated carbocycles. The molecule has 35 heavy (non-hydrogen) atoms. The molecule has 1 aliphatic heterocycles. The molecule has 9 heteroatoms. The standard InChI is InChI=1S/C26H30N4O5/c1-18(31)28-24(14-20-15-27-23-5-3-2-4-22(20)23)26(33)35-17-25(32)29-21-8-6-19(7-9-21)16-30-10-12-34-13-11-30/h2-9,15,24,27H,10-14,16-17H2,1H3,(H,28,31)(H,29,32)/t24-/m0/s1. The highest BCUT2D eigenvalue weighted by molar-refractivity contribution is 5.93. The van der Waals surface area contributed by atoms with E-state index in [9.17, 15) is 14.4 Å². The van der Waals surface area contributed by atoms with Crippen molar-refractivity contribution in [1.82, 2.24) is 15.2 Å². The minimum absolute atomic E-state index is 0.245. The van der Waals surface area contributed by atoms with Crippen LogP contribution in [-0.4, -0.2) is 66.6 Å². The van der Waals surface area contributed by atoms with E-state index in [-0.39, 0.29) is 12.3 Å². The number of hydrogen-bond donors (Lipinski definition) is 3. The van der Waals surface area contributed by atoms with Crippen LogP contribution in [0, 0.1) is 0 Å². The molecule has 4 rings (SSSR count). The van der Waals surface area contributed by atoms with Crippen LogP contribution < -0.4 is 10.6 Å².